The monoisotopic (exact) mass is 222 g/mol. The molecular weight excluding hydrogens is 204 g/mol. The van der Waals surface area contributed by atoms with Gasteiger partial charge in [0.25, 0.3) is 0 Å². The molecule has 0 radical (unpaired) electrons. The molecule has 86 valence electrons. The zero-order chi connectivity index (χ0) is 11.9. The maximum atomic E-state index is 2.39. The average molecular weight is 222 g/mol. The first kappa shape index (κ1) is 10.6. The van der Waals surface area contributed by atoms with Gasteiger partial charge in [-0.3, -0.25) is 0 Å². The molecule has 17 heavy (non-hydrogen) atoms. The highest BCUT2D eigenvalue weighted by molar-refractivity contribution is 5.44. The van der Waals surface area contributed by atoms with Crippen LogP contribution in [0.4, 0.5) is 0 Å². The number of hydrogen-bond donors (Lipinski definition) is 0. The molecule has 1 aliphatic rings. The molecule has 0 heteroatoms. The van der Waals surface area contributed by atoms with Crippen molar-refractivity contribution in [1.82, 2.24) is 0 Å². The Morgan fingerprint density at radius 2 is 1.35 bits per heavy atom. The lowest BCUT2D eigenvalue weighted by Gasteiger charge is -2.12. The van der Waals surface area contributed by atoms with E-state index in [4.69, 9.17) is 0 Å². The Bertz CT molecular complexity index is 500. The van der Waals surface area contributed by atoms with E-state index in [9.17, 15) is 0 Å². The standard InChI is InChI=1S/C17H18/c1-13-16(14-9-5-3-6-10-14)17(13,2)15-11-7-4-8-12-15/h3-13,16H,1-2H3/t13-,16-,17-/m1/s1. The molecule has 0 aromatic heterocycles. The Hall–Kier alpha value is -1.56. The Kier molecular flexibility index (Phi) is 2.32. The van der Waals surface area contributed by atoms with E-state index in [1.165, 1.54) is 11.1 Å². The minimum Gasteiger partial charge on any atom is -0.0622 e. The molecule has 0 N–H and O–H groups in total. The largest absolute Gasteiger partial charge is 0.0622 e. The molecule has 0 aliphatic heterocycles. The summed E-state index contributed by atoms with van der Waals surface area (Å²) in [5, 5.41) is 0. The molecule has 3 rings (SSSR count). The van der Waals surface area contributed by atoms with Crippen LogP contribution in [0.15, 0.2) is 60.7 Å². The van der Waals surface area contributed by atoms with Gasteiger partial charge in [0, 0.05) is 5.41 Å². The van der Waals surface area contributed by atoms with Crippen LogP contribution >= 0.6 is 0 Å². The summed E-state index contributed by atoms with van der Waals surface area (Å²) in [6, 6.07) is 21.8. The van der Waals surface area contributed by atoms with Gasteiger partial charge in [-0.2, -0.15) is 0 Å². The van der Waals surface area contributed by atoms with Crippen LogP contribution in [0.5, 0.6) is 0 Å². The van der Waals surface area contributed by atoms with Crippen molar-refractivity contribution in [2.75, 3.05) is 0 Å². The Labute approximate surface area is 103 Å². The van der Waals surface area contributed by atoms with Crippen LogP contribution in [0.3, 0.4) is 0 Å². The lowest BCUT2D eigenvalue weighted by molar-refractivity contribution is 0.695. The van der Waals surface area contributed by atoms with E-state index in [2.05, 4.69) is 74.5 Å². The van der Waals surface area contributed by atoms with Crippen LogP contribution in [0, 0.1) is 5.92 Å². The fourth-order valence-corrected chi connectivity index (χ4v) is 3.26. The normalized spacial score (nSPS) is 31.2. The second-order valence-corrected chi connectivity index (χ2v) is 5.33. The van der Waals surface area contributed by atoms with Crippen molar-refractivity contribution in [1.29, 1.82) is 0 Å². The predicted molar refractivity (Wildman–Crippen MR) is 72.1 cm³/mol. The van der Waals surface area contributed by atoms with Gasteiger partial charge in [-0.15, -0.1) is 0 Å². The van der Waals surface area contributed by atoms with Gasteiger partial charge in [-0.25, -0.2) is 0 Å². The van der Waals surface area contributed by atoms with Crippen LogP contribution in [0.25, 0.3) is 0 Å². The van der Waals surface area contributed by atoms with E-state index >= 15 is 0 Å². The minimum absolute atomic E-state index is 0.322. The van der Waals surface area contributed by atoms with E-state index in [0.29, 0.717) is 11.3 Å². The second-order valence-electron chi connectivity index (χ2n) is 5.33. The second kappa shape index (κ2) is 3.73. The smallest absolute Gasteiger partial charge is 0.00279 e. The van der Waals surface area contributed by atoms with E-state index in [-0.39, 0.29) is 0 Å². The first-order valence-corrected chi connectivity index (χ1v) is 6.35. The summed E-state index contributed by atoms with van der Waals surface area (Å²) < 4.78 is 0. The summed E-state index contributed by atoms with van der Waals surface area (Å²) in [6.45, 7) is 4.76. The molecule has 1 fully saturated rings. The number of hydrogen-bond acceptors (Lipinski definition) is 0. The summed E-state index contributed by atoms with van der Waals surface area (Å²) in [5.74, 6) is 1.40. The summed E-state index contributed by atoms with van der Waals surface area (Å²) in [5.41, 5.74) is 3.27. The van der Waals surface area contributed by atoms with Crippen LogP contribution in [0.2, 0.25) is 0 Å². The Balaban J connectivity index is 1.97. The lowest BCUT2D eigenvalue weighted by Crippen LogP contribution is -2.04. The van der Waals surface area contributed by atoms with Crippen LogP contribution in [0.1, 0.15) is 30.9 Å². The highest BCUT2D eigenvalue weighted by atomic mass is 14.6. The highest BCUT2D eigenvalue weighted by Crippen LogP contribution is 2.65. The quantitative estimate of drug-likeness (QED) is 0.707. The minimum atomic E-state index is 0.322. The summed E-state index contributed by atoms with van der Waals surface area (Å²) in [4.78, 5) is 0. The molecule has 0 amide bonds. The van der Waals surface area contributed by atoms with Gasteiger partial charge in [0.05, 0.1) is 0 Å². The van der Waals surface area contributed by atoms with Crippen molar-refractivity contribution >= 4 is 0 Å². The molecule has 1 saturated carbocycles. The average Bonchev–Trinajstić information content (AvgIpc) is 2.95. The highest BCUT2D eigenvalue weighted by Gasteiger charge is 2.59. The molecule has 0 unspecified atom stereocenters. The van der Waals surface area contributed by atoms with E-state index in [1.54, 1.807) is 0 Å². The molecule has 0 bridgehead atoms. The summed E-state index contributed by atoms with van der Waals surface area (Å²) >= 11 is 0. The van der Waals surface area contributed by atoms with Gasteiger partial charge in [-0.05, 0) is 23.0 Å². The van der Waals surface area contributed by atoms with Gasteiger partial charge in [-0.1, -0.05) is 74.5 Å². The SMILES string of the molecule is C[C@@H]1[C@H](c2ccccc2)[C@@]1(C)c1ccccc1. The van der Waals surface area contributed by atoms with E-state index < -0.39 is 0 Å². The molecule has 3 atom stereocenters. The summed E-state index contributed by atoms with van der Waals surface area (Å²) in [7, 11) is 0. The molecule has 2 aromatic carbocycles. The van der Waals surface area contributed by atoms with Crippen LogP contribution < -0.4 is 0 Å². The zero-order valence-electron chi connectivity index (χ0n) is 10.4. The molecule has 1 aliphatic carbocycles. The fraction of sp³-hybridized carbons (Fsp3) is 0.294. The Morgan fingerprint density at radius 1 is 0.824 bits per heavy atom. The third kappa shape index (κ3) is 1.51. The van der Waals surface area contributed by atoms with Crippen molar-refractivity contribution in [3.8, 4) is 0 Å². The van der Waals surface area contributed by atoms with Gasteiger partial charge in [0.1, 0.15) is 0 Å². The molecular formula is C17H18. The van der Waals surface area contributed by atoms with Gasteiger partial charge >= 0.3 is 0 Å². The van der Waals surface area contributed by atoms with Crippen molar-refractivity contribution in [2.24, 2.45) is 5.92 Å². The van der Waals surface area contributed by atoms with Crippen molar-refractivity contribution in [3.05, 3.63) is 71.8 Å². The molecule has 0 saturated heterocycles. The third-order valence-corrected chi connectivity index (χ3v) is 4.54. The van der Waals surface area contributed by atoms with Crippen molar-refractivity contribution < 1.29 is 0 Å². The maximum absolute atomic E-state index is 2.39. The van der Waals surface area contributed by atoms with E-state index in [1.807, 2.05) is 0 Å². The maximum Gasteiger partial charge on any atom is 0.00279 e. The van der Waals surface area contributed by atoms with Gasteiger partial charge in [0.2, 0.25) is 0 Å². The van der Waals surface area contributed by atoms with Crippen molar-refractivity contribution in [3.63, 3.8) is 0 Å². The van der Waals surface area contributed by atoms with Crippen molar-refractivity contribution in [2.45, 2.75) is 25.2 Å². The van der Waals surface area contributed by atoms with Gasteiger partial charge in [0.15, 0.2) is 0 Å². The predicted octanol–water partition coefficient (Wildman–Crippen LogP) is 4.38. The van der Waals surface area contributed by atoms with Gasteiger partial charge < -0.3 is 0 Å². The van der Waals surface area contributed by atoms with E-state index in [0.717, 1.165) is 5.92 Å². The number of benzene rings is 2. The van der Waals surface area contributed by atoms with Crippen LogP contribution in [-0.2, 0) is 5.41 Å². The van der Waals surface area contributed by atoms with Crippen LogP contribution in [-0.4, -0.2) is 0 Å². The lowest BCUT2D eigenvalue weighted by atomic mass is 9.92. The summed E-state index contributed by atoms with van der Waals surface area (Å²) in [6.07, 6.45) is 0. The number of rotatable bonds is 2. The molecule has 0 spiro atoms. The first-order chi connectivity index (χ1) is 8.24. The fourth-order valence-electron chi connectivity index (χ4n) is 3.26. The molecule has 0 nitrogen and oxygen atoms in total. The molecule has 0 heterocycles. The Morgan fingerprint density at radius 3 is 1.94 bits per heavy atom. The topological polar surface area (TPSA) is 0 Å². The third-order valence-electron chi connectivity index (χ3n) is 4.54. The first-order valence-electron chi connectivity index (χ1n) is 6.35. The molecule has 2 aromatic rings. The zero-order valence-corrected chi connectivity index (χ0v) is 10.4.